The summed E-state index contributed by atoms with van der Waals surface area (Å²) in [5.41, 5.74) is 1.01. The number of hydrogen-bond donors (Lipinski definition) is 3. The lowest BCUT2D eigenvalue weighted by atomic mass is 9.45. The van der Waals surface area contributed by atoms with Gasteiger partial charge in [-0.25, -0.2) is 0 Å². The Bertz CT molecular complexity index is 667. The molecule has 0 amide bonds. The largest absolute Gasteiger partial charge is 0.393 e. The highest BCUT2D eigenvalue weighted by atomic mass is 16.5. The molecule has 3 saturated carbocycles. The Morgan fingerprint density at radius 2 is 1.77 bits per heavy atom. The van der Waals surface area contributed by atoms with Gasteiger partial charge in [0.2, 0.25) is 0 Å². The van der Waals surface area contributed by atoms with E-state index in [0.717, 1.165) is 44.4 Å². The van der Waals surface area contributed by atoms with Gasteiger partial charge in [-0.2, -0.15) is 0 Å². The SMILES string of the molecule is CC(C)CCC[C@@H](C)[C@H]1CC[C@H]2[C@@H]3CC=C4C[C@@H](O)CC[C@]4(C)[C@H]3CC(O)(O)[C@]12C. The summed E-state index contributed by atoms with van der Waals surface area (Å²) in [5.74, 6) is 1.37. The standard InChI is InChI=1S/C27H46O3/c1-17(2)7-6-8-18(3)22-11-12-23-21-10-9-19-15-20(28)13-14-25(19,4)24(21)16-27(29,30)26(22,23)5/h9,17-18,20-24,28-30H,6-8,10-16H2,1-5H3/t18-,20+,21+,22-,23+,24+,25+,26-/m1/s1. The first-order chi connectivity index (χ1) is 14.0. The third-order valence-corrected chi connectivity index (χ3v) is 10.5. The summed E-state index contributed by atoms with van der Waals surface area (Å²) in [6, 6.07) is 0. The van der Waals surface area contributed by atoms with Crippen molar-refractivity contribution in [3.05, 3.63) is 11.6 Å². The maximum atomic E-state index is 11.6. The highest BCUT2D eigenvalue weighted by Gasteiger charge is 2.68. The summed E-state index contributed by atoms with van der Waals surface area (Å²) in [6.45, 7) is 11.5. The average Bonchev–Trinajstić information content (AvgIpc) is 3.02. The topological polar surface area (TPSA) is 60.7 Å². The predicted molar refractivity (Wildman–Crippen MR) is 122 cm³/mol. The van der Waals surface area contributed by atoms with Crippen molar-refractivity contribution < 1.29 is 15.3 Å². The molecule has 0 saturated heterocycles. The molecule has 4 rings (SSSR count). The van der Waals surface area contributed by atoms with Crippen LogP contribution in [0.25, 0.3) is 0 Å². The van der Waals surface area contributed by atoms with Gasteiger partial charge < -0.3 is 15.3 Å². The van der Waals surface area contributed by atoms with Crippen molar-refractivity contribution in [1.82, 2.24) is 0 Å². The second kappa shape index (κ2) is 7.89. The number of fused-ring (bicyclic) bond motifs is 5. The molecule has 8 atom stereocenters. The highest BCUT2D eigenvalue weighted by molar-refractivity contribution is 5.26. The molecule has 0 aliphatic heterocycles. The molecule has 0 spiro atoms. The van der Waals surface area contributed by atoms with E-state index in [1.165, 1.54) is 24.8 Å². The van der Waals surface area contributed by atoms with E-state index in [1.54, 1.807) is 0 Å². The number of allylic oxidation sites excluding steroid dienone is 1. The lowest BCUT2D eigenvalue weighted by molar-refractivity contribution is -0.310. The van der Waals surface area contributed by atoms with Crippen LogP contribution in [0.1, 0.15) is 98.8 Å². The molecule has 4 aliphatic rings. The van der Waals surface area contributed by atoms with Gasteiger partial charge in [0, 0.05) is 11.8 Å². The first-order valence-corrected chi connectivity index (χ1v) is 12.8. The van der Waals surface area contributed by atoms with Crippen molar-refractivity contribution in [1.29, 1.82) is 0 Å². The van der Waals surface area contributed by atoms with Crippen molar-refractivity contribution >= 4 is 0 Å². The molecule has 3 heteroatoms. The van der Waals surface area contributed by atoms with Crippen LogP contribution >= 0.6 is 0 Å². The molecule has 0 radical (unpaired) electrons. The number of aliphatic hydroxyl groups excluding tert-OH is 1. The van der Waals surface area contributed by atoms with E-state index in [2.05, 4.69) is 40.7 Å². The second-order valence-electron chi connectivity index (χ2n) is 12.4. The molecule has 0 aromatic rings. The van der Waals surface area contributed by atoms with Crippen molar-refractivity contribution in [3.63, 3.8) is 0 Å². The molecule has 30 heavy (non-hydrogen) atoms. The van der Waals surface area contributed by atoms with Gasteiger partial charge in [-0.3, -0.25) is 0 Å². The molecule has 0 aromatic heterocycles. The van der Waals surface area contributed by atoms with E-state index in [1.807, 2.05) is 0 Å². The molecule has 4 aliphatic carbocycles. The monoisotopic (exact) mass is 418 g/mol. The zero-order valence-corrected chi connectivity index (χ0v) is 20.0. The Hall–Kier alpha value is -0.380. The minimum Gasteiger partial charge on any atom is -0.393 e. The molecule has 3 N–H and O–H groups in total. The smallest absolute Gasteiger partial charge is 0.168 e. The summed E-state index contributed by atoms with van der Waals surface area (Å²) >= 11 is 0. The van der Waals surface area contributed by atoms with Crippen LogP contribution in [0.4, 0.5) is 0 Å². The first-order valence-electron chi connectivity index (χ1n) is 12.8. The Balaban J connectivity index is 1.59. The maximum Gasteiger partial charge on any atom is 0.168 e. The summed E-state index contributed by atoms with van der Waals surface area (Å²) < 4.78 is 0. The van der Waals surface area contributed by atoms with Gasteiger partial charge in [0.1, 0.15) is 0 Å². The average molecular weight is 419 g/mol. The van der Waals surface area contributed by atoms with Crippen LogP contribution in [0.15, 0.2) is 11.6 Å². The van der Waals surface area contributed by atoms with E-state index in [9.17, 15) is 15.3 Å². The molecular weight excluding hydrogens is 372 g/mol. The highest BCUT2D eigenvalue weighted by Crippen LogP contribution is 2.69. The van der Waals surface area contributed by atoms with Crippen LogP contribution in [0.5, 0.6) is 0 Å². The lowest BCUT2D eigenvalue weighted by Gasteiger charge is -2.62. The Kier molecular flexibility index (Phi) is 5.99. The summed E-state index contributed by atoms with van der Waals surface area (Å²) in [7, 11) is 0. The van der Waals surface area contributed by atoms with Gasteiger partial charge in [-0.05, 0) is 79.4 Å². The minimum atomic E-state index is -1.59. The van der Waals surface area contributed by atoms with E-state index in [0.29, 0.717) is 36.0 Å². The van der Waals surface area contributed by atoms with Gasteiger partial charge in [-0.15, -0.1) is 0 Å². The quantitative estimate of drug-likeness (QED) is 0.398. The predicted octanol–water partition coefficient (Wildman–Crippen LogP) is 5.68. The molecule has 0 heterocycles. The number of hydrogen-bond acceptors (Lipinski definition) is 3. The van der Waals surface area contributed by atoms with Crippen LogP contribution in [-0.4, -0.2) is 27.2 Å². The summed E-state index contributed by atoms with van der Waals surface area (Å²) in [6.07, 6.45) is 12.4. The van der Waals surface area contributed by atoms with Crippen LogP contribution in [0.2, 0.25) is 0 Å². The molecule has 0 bridgehead atoms. The van der Waals surface area contributed by atoms with Crippen molar-refractivity contribution in [3.8, 4) is 0 Å². The van der Waals surface area contributed by atoms with E-state index >= 15 is 0 Å². The lowest BCUT2D eigenvalue weighted by Crippen LogP contribution is -2.63. The number of aliphatic hydroxyl groups is 3. The van der Waals surface area contributed by atoms with Gasteiger partial charge in [0.25, 0.3) is 0 Å². The van der Waals surface area contributed by atoms with Crippen molar-refractivity contribution in [2.24, 2.45) is 46.3 Å². The fraction of sp³-hybridized carbons (Fsp3) is 0.926. The van der Waals surface area contributed by atoms with Crippen molar-refractivity contribution in [2.45, 2.75) is 111 Å². The van der Waals surface area contributed by atoms with Gasteiger partial charge >= 0.3 is 0 Å². The van der Waals surface area contributed by atoms with Gasteiger partial charge in [0.15, 0.2) is 5.79 Å². The van der Waals surface area contributed by atoms with Crippen LogP contribution in [0.3, 0.4) is 0 Å². The molecule has 3 nitrogen and oxygen atoms in total. The van der Waals surface area contributed by atoms with E-state index < -0.39 is 11.2 Å². The van der Waals surface area contributed by atoms with E-state index in [4.69, 9.17) is 0 Å². The summed E-state index contributed by atoms with van der Waals surface area (Å²) in [5, 5.41) is 33.5. The molecular formula is C27H46O3. The first kappa shape index (κ1) is 22.8. The van der Waals surface area contributed by atoms with Crippen LogP contribution < -0.4 is 0 Å². The third-order valence-electron chi connectivity index (χ3n) is 10.5. The number of rotatable bonds is 5. The third kappa shape index (κ3) is 3.42. The van der Waals surface area contributed by atoms with Crippen LogP contribution in [0, 0.1) is 46.3 Å². The molecule has 0 aromatic carbocycles. The van der Waals surface area contributed by atoms with Gasteiger partial charge in [-0.1, -0.05) is 65.5 Å². The zero-order valence-electron chi connectivity index (χ0n) is 20.0. The second-order valence-corrected chi connectivity index (χ2v) is 12.4. The Morgan fingerprint density at radius 1 is 1.03 bits per heavy atom. The van der Waals surface area contributed by atoms with E-state index in [-0.39, 0.29) is 11.5 Å². The minimum absolute atomic E-state index is 0.0289. The maximum absolute atomic E-state index is 11.6. The Labute approximate surface area is 184 Å². The molecule has 172 valence electrons. The fourth-order valence-electron chi connectivity index (χ4n) is 8.63. The summed E-state index contributed by atoms with van der Waals surface area (Å²) in [4.78, 5) is 0. The fourth-order valence-corrected chi connectivity index (χ4v) is 8.63. The Morgan fingerprint density at radius 3 is 2.47 bits per heavy atom. The van der Waals surface area contributed by atoms with Crippen molar-refractivity contribution in [2.75, 3.05) is 0 Å². The molecule has 0 unspecified atom stereocenters. The normalized spacial score (nSPS) is 46.0. The molecule has 3 fully saturated rings. The zero-order chi connectivity index (χ0) is 21.9. The van der Waals surface area contributed by atoms with Gasteiger partial charge in [0.05, 0.1) is 6.10 Å². The van der Waals surface area contributed by atoms with Crippen LogP contribution in [-0.2, 0) is 0 Å².